The van der Waals surface area contributed by atoms with E-state index in [0.29, 0.717) is 6.54 Å². The molecule has 0 spiro atoms. The normalized spacial score (nSPS) is 10.4. The van der Waals surface area contributed by atoms with Crippen LogP contribution in [0.15, 0.2) is 45.5 Å². The summed E-state index contributed by atoms with van der Waals surface area (Å²) < 4.78 is 6.33. The first-order chi connectivity index (χ1) is 6.83. The predicted molar refractivity (Wildman–Crippen MR) is 59.7 cm³/mol. The Bertz CT molecular complexity index is 436. The molecule has 0 atom stereocenters. The van der Waals surface area contributed by atoms with Crippen molar-refractivity contribution in [3.8, 4) is 11.1 Å². The summed E-state index contributed by atoms with van der Waals surface area (Å²) in [7, 11) is 0. The van der Waals surface area contributed by atoms with Crippen LogP contribution in [0, 0.1) is 0 Å². The van der Waals surface area contributed by atoms with Gasteiger partial charge >= 0.3 is 0 Å². The minimum absolute atomic E-state index is 0.420. The second kappa shape index (κ2) is 3.98. The second-order valence-corrected chi connectivity index (χ2v) is 3.80. The highest BCUT2D eigenvalue weighted by Gasteiger charge is 2.09. The molecule has 2 rings (SSSR count). The van der Waals surface area contributed by atoms with E-state index in [1.807, 2.05) is 30.3 Å². The lowest BCUT2D eigenvalue weighted by molar-refractivity contribution is 0.513. The second-order valence-electron chi connectivity index (χ2n) is 2.94. The van der Waals surface area contributed by atoms with Crippen molar-refractivity contribution in [2.75, 3.05) is 0 Å². The number of furan rings is 1. The van der Waals surface area contributed by atoms with Gasteiger partial charge in [-0.3, -0.25) is 0 Å². The lowest BCUT2D eigenvalue weighted by Gasteiger charge is -2.02. The largest absolute Gasteiger partial charge is 0.467 e. The Morgan fingerprint density at radius 3 is 2.64 bits per heavy atom. The first-order valence-electron chi connectivity index (χ1n) is 4.34. The van der Waals surface area contributed by atoms with Crippen LogP contribution in [0.3, 0.4) is 0 Å². The maximum absolute atomic E-state index is 5.57. The molecule has 3 heteroatoms. The highest BCUT2D eigenvalue weighted by molar-refractivity contribution is 9.10. The molecule has 0 saturated heterocycles. The lowest BCUT2D eigenvalue weighted by atomic mass is 10.1. The third-order valence-electron chi connectivity index (χ3n) is 2.09. The molecule has 2 nitrogen and oxygen atoms in total. The van der Waals surface area contributed by atoms with E-state index in [4.69, 9.17) is 10.2 Å². The first kappa shape index (κ1) is 9.49. The van der Waals surface area contributed by atoms with Gasteiger partial charge in [0.2, 0.25) is 0 Å². The fourth-order valence-electron chi connectivity index (χ4n) is 1.42. The molecule has 1 heterocycles. The van der Waals surface area contributed by atoms with Crippen molar-refractivity contribution in [2.45, 2.75) is 6.54 Å². The molecule has 14 heavy (non-hydrogen) atoms. The summed E-state index contributed by atoms with van der Waals surface area (Å²) in [6, 6.07) is 9.95. The molecule has 1 aromatic carbocycles. The molecule has 0 unspecified atom stereocenters. The van der Waals surface area contributed by atoms with Gasteiger partial charge in [-0.2, -0.15) is 0 Å². The van der Waals surface area contributed by atoms with Crippen LogP contribution < -0.4 is 5.73 Å². The third-order valence-corrected chi connectivity index (χ3v) is 2.79. The Hall–Kier alpha value is -1.06. The monoisotopic (exact) mass is 251 g/mol. The van der Waals surface area contributed by atoms with Gasteiger partial charge in [-0.15, -0.1) is 0 Å². The maximum atomic E-state index is 5.57. The lowest BCUT2D eigenvalue weighted by Crippen LogP contribution is -1.95. The smallest absolute Gasteiger partial charge is 0.125 e. The molecule has 1 aromatic heterocycles. The molecule has 0 amide bonds. The highest BCUT2D eigenvalue weighted by Crippen LogP contribution is 2.30. The highest BCUT2D eigenvalue weighted by atomic mass is 79.9. The molecule has 0 bridgehead atoms. The Kier molecular flexibility index (Phi) is 2.70. The number of nitrogens with two attached hydrogens (primary N) is 1. The third kappa shape index (κ3) is 1.61. The predicted octanol–water partition coefficient (Wildman–Crippen LogP) is 3.17. The van der Waals surface area contributed by atoms with Gasteiger partial charge in [0.25, 0.3) is 0 Å². The van der Waals surface area contributed by atoms with Gasteiger partial charge in [-0.1, -0.05) is 34.1 Å². The van der Waals surface area contributed by atoms with E-state index >= 15 is 0 Å². The summed E-state index contributed by atoms with van der Waals surface area (Å²) in [4.78, 5) is 0. The molecule has 2 N–H and O–H groups in total. The van der Waals surface area contributed by atoms with Crippen molar-refractivity contribution >= 4 is 15.9 Å². The van der Waals surface area contributed by atoms with E-state index < -0.39 is 0 Å². The summed E-state index contributed by atoms with van der Waals surface area (Å²) in [6.07, 6.45) is 1.66. The first-order valence-corrected chi connectivity index (χ1v) is 5.13. The number of hydrogen-bond acceptors (Lipinski definition) is 2. The number of benzene rings is 1. The van der Waals surface area contributed by atoms with Crippen LogP contribution in [0.2, 0.25) is 0 Å². The average Bonchev–Trinajstić information content (AvgIpc) is 2.66. The SMILES string of the molecule is NCc1occc1-c1ccccc1Br. The summed E-state index contributed by atoms with van der Waals surface area (Å²) in [5.41, 5.74) is 7.74. The summed E-state index contributed by atoms with van der Waals surface area (Å²) in [5, 5.41) is 0. The van der Waals surface area contributed by atoms with E-state index in [9.17, 15) is 0 Å². The van der Waals surface area contributed by atoms with Crippen LogP contribution in [0.1, 0.15) is 5.76 Å². The van der Waals surface area contributed by atoms with Gasteiger partial charge in [-0.25, -0.2) is 0 Å². The van der Waals surface area contributed by atoms with Crippen molar-refractivity contribution < 1.29 is 4.42 Å². The van der Waals surface area contributed by atoms with Crippen molar-refractivity contribution in [2.24, 2.45) is 5.73 Å². The van der Waals surface area contributed by atoms with Gasteiger partial charge in [0.15, 0.2) is 0 Å². The summed E-state index contributed by atoms with van der Waals surface area (Å²) in [5.74, 6) is 0.817. The fourth-order valence-corrected chi connectivity index (χ4v) is 1.92. The zero-order valence-electron chi connectivity index (χ0n) is 7.53. The maximum Gasteiger partial charge on any atom is 0.125 e. The zero-order valence-corrected chi connectivity index (χ0v) is 9.12. The van der Waals surface area contributed by atoms with E-state index in [0.717, 1.165) is 21.4 Å². The average molecular weight is 252 g/mol. The Balaban J connectivity index is 2.54. The van der Waals surface area contributed by atoms with Crippen LogP contribution in [-0.4, -0.2) is 0 Å². The van der Waals surface area contributed by atoms with Gasteiger partial charge in [0.05, 0.1) is 12.8 Å². The van der Waals surface area contributed by atoms with Crippen molar-refractivity contribution in [1.29, 1.82) is 0 Å². The van der Waals surface area contributed by atoms with Crippen LogP contribution in [0.5, 0.6) is 0 Å². The minimum Gasteiger partial charge on any atom is -0.467 e. The molecular weight excluding hydrogens is 242 g/mol. The molecule has 0 aliphatic heterocycles. The van der Waals surface area contributed by atoms with Crippen molar-refractivity contribution in [3.63, 3.8) is 0 Å². The van der Waals surface area contributed by atoms with Crippen LogP contribution >= 0.6 is 15.9 Å². The van der Waals surface area contributed by atoms with Crippen LogP contribution in [0.25, 0.3) is 11.1 Å². The molecular formula is C11H10BrNO. The Morgan fingerprint density at radius 1 is 1.14 bits per heavy atom. The van der Waals surface area contributed by atoms with Gasteiger partial charge in [-0.05, 0) is 17.7 Å². The van der Waals surface area contributed by atoms with Crippen molar-refractivity contribution in [3.05, 3.63) is 46.8 Å². The fraction of sp³-hybridized carbons (Fsp3) is 0.0909. The molecule has 72 valence electrons. The minimum atomic E-state index is 0.420. The standard InChI is InChI=1S/C11H10BrNO/c12-10-4-2-1-3-8(10)9-5-6-14-11(9)7-13/h1-6H,7,13H2. The van der Waals surface area contributed by atoms with E-state index in [1.165, 1.54) is 0 Å². The van der Waals surface area contributed by atoms with Gasteiger partial charge in [0.1, 0.15) is 5.76 Å². The molecule has 2 aromatic rings. The summed E-state index contributed by atoms with van der Waals surface area (Å²) >= 11 is 3.50. The van der Waals surface area contributed by atoms with Gasteiger partial charge < -0.3 is 10.2 Å². The zero-order chi connectivity index (χ0) is 9.97. The number of rotatable bonds is 2. The molecule has 0 saturated carbocycles. The molecule has 0 aliphatic rings. The van der Waals surface area contributed by atoms with Crippen LogP contribution in [0.4, 0.5) is 0 Å². The van der Waals surface area contributed by atoms with Crippen molar-refractivity contribution in [1.82, 2.24) is 0 Å². The molecule has 0 radical (unpaired) electrons. The number of halogens is 1. The topological polar surface area (TPSA) is 39.2 Å². The van der Waals surface area contributed by atoms with E-state index in [1.54, 1.807) is 6.26 Å². The molecule has 0 aliphatic carbocycles. The Morgan fingerprint density at radius 2 is 1.93 bits per heavy atom. The van der Waals surface area contributed by atoms with Crippen LogP contribution in [-0.2, 0) is 6.54 Å². The molecule has 0 fully saturated rings. The summed E-state index contributed by atoms with van der Waals surface area (Å²) in [6.45, 7) is 0.420. The van der Waals surface area contributed by atoms with E-state index in [-0.39, 0.29) is 0 Å². The quantitative estimate of drug-likeness (QED) is 0.891. The Labute approximate surface area is 90.9 Å². The van der Waals surface area contributed by atoms with E-state index in [2.05, 4.69) is 15.9 Å². The number of hydrogen-bond donors (Lipinski definition) is 1. The van der Waals surface area contributed by atoms with Gasteiger partial charge in [0, 0.05) is 10.0 Å².